The van der Waals surface area contributed by atoms with E-state index in [4.69, 9.17) is 11.6 Å². The number of rotatable bonds is 4. The van der Waals surface area contributed by atoms with Gasteiger partial charge in [-0.25, -0.2) is 0 Å². The van der Waals surface area contributed by atoms with Crippen molar-refractivity contribution in [1.29, 1.82) is 0 Å². The van der Waals surface area contributed by atoms with Crippen molar-refractivity contribution in [2.45, 2.75) is 16.7 Å². The third-order valence-electron chi connectivity index (χ3n) is 2.78. The molecule has 1 unspecified atom stereocenters. The molecule has 0 aliphatic heterocycles. The van der Waals surface area contributed by atoms with Gasteiger partial charge in [0, 0.05) is 9.37 Å². The summed E-state index contributed by atoms with van der Waals surface area (Å²) in [5.41, 5.74) is 2.42. The highest BCUT2D eigenvalue weighted by Gasteiger charge is 2.09. The molecular formula is C15H14BrClS. The Morgan fingerprint density at radius 2 is 1.89 bits per heavy atom. The van der Waals surface area contributed by atoms with E-state index in [1.807, 2.05) is 12.1 Å². The minimum atomic E-state index is 0.0233. The molecule has 0 bridgehead atoms. The third kappa shape index (κ3) is 3.78. The maximum atomic E-state index is 6.47. The summed E-state index contributed by atoms with van der Waals surface area (Å²) in [5.74, 6) is 0. The number of alkyl halides is 1. The van der Waals surface area contributed by atoms with Gasteiger partial charge in [-0.2, -0.15) is 0 Å². The lowest BCUT2D eigenvalue weighted by atomic mass is 10.0. The van der Waals surface area contributed by atoms with Crippen molar-refractivity contribution in [3.05, 3.63) is 64.1 Å². The molecule has 0 aliphatic carbocycles. The van der Waals surface area contributed by atoms with Gasteiger partial charge in [-0.05, 0) is 48.1 Å². The van der Waals surface area contributed by atoms with Gasteiger partial charge in [0.25, 0.3) is 0 Å². The molecule has 3 heteroatoms. The molecule has 0 N–H and O–H groups in total. The molecule has 0 saturated carbocycles. The van der Waals surface area contributed by atoms with Crippen LogP contribution in [-0.2, 0) is 6.42 Å². The molecule has 1 atom stereocenters. The van der Waals surface area contributed by atoms with E-state index >= 15 is 0 Å². The summed E-state index contributed by atoms with van der Waals surface area (Å²) in [4.78, 5) is 1.27. The smallest absolute Gasteiger partial charge is 0.0625 e. The minimum absolute atomic E-state index is 0.0233. The molecule has 18 heavy (non-hydrogen) atoms. The van der Waals surface area contributed by atoms with Crippen LogP contribution in [0.3, 0.4) is 0 Å². The zero-order chi connectivity index (χ0) is 13.0. The summed E-state index contributed by atoms with van der Waals surface area (Å²) in [6.45, 7) is 0. The summed E-state index contributed by atoms with van der Waals surface area (Å²) in [6.07, 6.45) is 2.92. The molecule has 0 saturated heterocycles. The normalized spacial score (nSPS) is 12.4. The summed E-state index contributed by atoms with van der Waals surface area (Å²) in [6, 6.07) is 16.8. The van der Waals surface area contributed by atoms with Gasteiger partial charge in [0.15, 0.2) is 0 Å². The second-order valence-electron chi connectivity index (χ2n) is 4.07. The van der Waals surface area contributed by atoms with Gasteiger partial charge < -0.3 is 0 Å². The molecule has 94 valence electrons. The molecule has 2 rings (SSSR count). The molecule has 2 aromatic carbocycles. The maximum absolute atomic E-state index is 6.47. The molecule has 0 radical (unpaired) electrons. The van der Waals surface area contributed by atoms with E-state index in [1.165, 1.54) is 16.0 Å². The van der Waals surface area contributed by atoms with E-state index in [9.17, 15) is 0 Å². The lowest BCUT2D eigenvalue weighted by molar-refractivity contribution is 0.917. The van der Waals surface area contributed by atoms with Crippen molar-refractivity contribution in [3.63, 3.8) is 0 Å². The van der Waals surface area contributed by atoms with Gasteiger partial charge in [-0.1, -0.05) is 40.2 Å². The van der Waals surface area contributed by atoms with E-state index < -0.39 is 0 Å². The Kier molecular flexibility index (Phi) is 5.16. The van der Waals surface area contributed by atoms with Crippen LogP contribution in [-0.4, -0.2) is 6.26 Å². The highest BCUT2D eigenvalue weighted by Crippen LogP contribution is 2.27. The number of hydrogen-bond acceptors (Lipinski definition) is 1. The molecule has 0 aliphatic rings. The summed E-state index contributed by atoms with van der Waals surface area (Å²) >= 11 is 11.7. The molecule has 0 spiro atoms. The third-order valence-corrected chi connectivity index (χ3v) is 4.42. The fourth-order valence-corrected chi connectivity index (χ4v) is 2.98. The summed E-state index contributed by atoms with van der Waals surface area (Å²) < 4.78 is 1.10. The second kappa shape index (κ2) is 6.65. The SMILES string of the molecule is CSc1ccc(C(Cl)Cc2cccc(Br)c2)cc1. The van der Waals surface area contributed by atoms with Crippen LogP contribution in [0.1, 0.15) is 16.5 Å². The van der Waals surface area contributed by atoms with Crippen LogP contribution in [0.4, 0.5) is 0 Å². The highest BCUT2D eigenvalue weighted by molar-refractivity contribution is 9.10. The maximum Gasteiger partial charge on any atom is 0.0625 e. The van der Waals surface area contributed by atoms with Crippen molar-refractivity contribution in [1.82, 2.24) is 0 Å². The molecule has 0 nitrogen and oxygen atoms in total. The fraction of sp³-hybridized carbons (Fsp3) is 0.200. The van der Waals surface area contributed by atoms with Gasteiger partial charge in [0.1, 0.15) is 0 Å². The Hall–Kier alpha value is -0.440. The Morgan fingerprint density at radius 3 is 2.50 bits per heavy atom. The largest absolute Gasteiger partial charge is 0.130 e. The number of halogens is 2. The van der Waals surface area contributed by atoms with Crippen LogP contribution >= 0.6 is 39.3 Å². The first-order valence-corrected chi connectivity index (χ1v) is 8.17. The van der Waals surface area contributed by atoms with E-state index in [0.29, 0.717) is 0 Å². The average molecular weight is 342 g/mol. The Bertz CT molecular complexity index is 510. The topological polar surface area (TPSA) is 0 Å². The van der Waals surface area contributed by atoms with Crippen LogP contribution in [0.5, 0.6) is 0 Å². The van der Waals surface area contributed by atoms with E-state index in [-0.39, 0.29) is 5.38 Å². The van der Waals surface area contributed by atoms with Crippen molar-refractivity contribution < 1.29 is 0 Å². The Morgan fingerprint density at radius 1 is 1.17 bits per heavy atom. The average Bonchev–Trinajstić information content (AvgIpc) is 2.39. The standard InChI is InChI=1S/C15H14BrClS/c1-18-14-7-5-12(6-8-14)15(17)10-11-3-2-4-13(16)9-11/h2-9,15H,10H2,1H3. The molecule has 0 fully saturated rings. The summed E-state index contributed by atoms with van der Waals surface area (Å²) in [7, 11) is 0. The monoisotopic (exact) mass is 340 g/mol. The molecule has 0 aromatic heterocycles. The van der Waals surface area contributed by atoms with Gasteiger partial charge >= 0.3 is 0 Å². The first-order valence-electron chi connectivity index (χ1n) is 5.71. The predicted molar refractivity (Wildman–Crippen MR) is 84.7 cm³/mol. The van der Waals surface area contributed by atoms with Crippen molar-refractivity contribution in [2.24, 2.45) is 0 Å². The van der Waals surface area contributed by atoms with E-state index in [0.717, 1.165) is 10.9 Å². The van der Waals surface area contributed by atoms with Crippen LogP contribution < -0.4 is 0 Å². The molecule has 2 aromatic rings. The predicted octanol–water partition coefficient (Wildman–Crippen LogP) is 5.69. The highest BCUT2D eigenvalue weighted by atomic mass is 79.9. The van der Waals surface area contributed by atoms with E-state index in [1.54, 1.807) is 11.8 Å². The lowest BCUT2D eigenvalue weighted by Crippen LogP contribution is -1.95. The Labute approximate surface area is 126 Å². The molecular weight excluding hydrogens is 328 g/mol. The molecule has 0 heterocycles. The molecule has 0 amide bonds. The van der Waals surface area contributed by atoms with Crippen LogP contribution in [0.2, 0.25) is 0 Å². The van der Waals surface area contributed by atoms with Crippen molar-refractivity contribution >= 4 is 39.3 Å². The minimum Gasteiger partial charge on any atom is -0.130 e. The zero-order valence-electron chi connectivity index (χ0n) is 10.1. The number of hydrogen-bond donors (Lipinski definition) is 0. The number of benzene rings is 2. The van der Waals surface area contributed by atoms with Gasteiger partial charge in [-0.15, -0.1) is 23.4 Å². The van der Waals surface area contributed by atoms with Crippen LogP contribution in [0, 0.1) is 0 Å². The van der Waals surface area contributed by atoms with Gasteiger partial charge in [-0.3, -0.25) is 0 Å². The van der Waals surface area contributed by atoms with Crippen molar-refractivity contribution in [3.8, 4) is 0 Å². The first-order chi connectivity index (χ1) is 8.69. The quantitative estimate of drug-likeness (QED) is 0.508. The van der Waals surface area contributed by atoms with Gasteiger partial charge in [0.2, 0.25) is 0 Å². The van der Waals surface area contributed by atoms with Crippen LogP contribution in [0.15, 0.2) is 57.9 Å². The van der Waals surface area contributed by atoms with Crippen LogP contribution in [0.25, 0.3) is 0 Å². The second-order valence-corrected chi connectivity index (χ2v) is 6.40. The first kappa shape index (κ1) is 14.0. The fourth-order valence-electron chi connectivity index (χ4n) is 1.80. The van der Waals surface area contributed by atoms with Crippen molar-refractivity contribution in [2.75, 3.05) is 6.26 Å². The zero-order valence-corrected chi connectivity index (χ0v) is 13.2. The lowest BCUT2D eigenvalue weighted by Gasteiger charge is -2.10. The summed E-state index contributed by atoms with van der Waals surface area (Å²) in [5, 5.41) is 0.0233. The number of thioether (sulfide) groups is 1. The van der Waals surface area contributed by atoms with E-state index in [2.05, 4.69) is 58.6 Å². The Balaban J connectivity index is 2.09. The van der Waals surface area contributed by atoms with Gasteiger partial charge in [0.05, 0.1) is 5.38 Å².